The smallest absolute Gasteiger partial charge is 0.161 e. The van der Waals surface area contributed by atoms with E-state index in [1.165, 1.54) is 25.1 Å². The largest absolute Gasteiger partial charge is 0.486 e. The van der Waals surface area contributed by atoms with Gasteiger partial charge in [-0.25, -0.2) is 0 Å². The van der Waals surface area contributed by atoms with Gasteiger partial charge in [-0.15, -0.1) is 0 Å². The summed E-state index contributed by atoms with van der Waals surface area (Å²) in [6, 6.07) is 6.98. The maximum Gasteiger partial charge on any atom is 0.161 e. The standard InChI is InChI=1S/C15H22N2O2/c1-16-13-5-7-17(11-13)6-4-12-2-3-14-15(10-12)19-9-8-18-14/h2-3,10,13,16H,4-9,11H2,1H3. The fourth-order valence-corrected chi connectivity index (χ4v) is 2.80. The van der Waals surface area contributed by atoms with Gasteiger partial charge >= 0.3 is 0 Å². The van der Waals surface area contributed by atoms with E-state index in [-0.39, 0.29) is 0 Å². The van der Waals surface area contributed by atoms with Crippen LogP contribution in [0, 0.1) is 0 Å². The van der Waals surface area contributed by atoms with Crippen molar-refractivity contribution in [2.24, 2.45) is 0 Å². The molecule has 0 aromatic heterocycles. The fraction of sp³-hybridized carbons (Fsp3) is 0.600. The number of rotatable bonds is 4. The average Bonchev–Trinajstić information content (AvgIpc) is 2.93. The summed E-state index contributed by atoms with van der Waals surface area (Å²) in [6.07, 6.45) is 2.34. The second-order valence-electron chi connectivity index (χ2n) is 5.30. The highest BCUT2D eigenvalue weighted by atomic mass is 16.6. The van der Waals surface area contributed by atoms with Crippen LogP contribution in [-0.4, -0.2) is 50.8 Å². The van der Waals surface area contributed by atoms with Crippen molar-refractivity contribution in [3.8, 4) is 11.5 Å². The molecule has 1 atom stereocenters. The number of fused-ring (bicyclic) bond motifs is 1. The van der Waals surface area contributed by atoms with E-state index in [9.17, 15) is 0 Å². The predicted octanol–water partition coefficient (Wildman–Crippen LogP) is 1.29. The fourth-order valence-electron chi connectivity index (χ4n) is 2.80. The van der Waals surface area contributed by atoms with E-state index in [1.54, 1.807) is 0 Å². The summed E-state index contributed by atoms with van der Waals surface area (Å²) in [4.78, 5) is 2.53. The van der Waals surface area contributed by atoms with E-state index in [2.05, 4.69) is 29.4 Å². The van der Waals surface area contributed by atoms with E-state index < -0.39 is 0 Å². The molecule has 0 saturated carbocycles. The van der Waals surface area contributed by atoms with Gasteiger partial charge < -0.3 is 19.7 Å². The Kier molecular flexibility index (Phi) is 3.89. The number of nitrogens with zero attached hydrogens (tertiary/aromatic N) is 1. The van der Waals surface area contributed by atoms with Crippen LogP contribution >= 0.6 is 0 Å². The average molecular weight is 262 g/mol. The van der Waals surface area contributed by atoms with Gasteiger partial charge in [0.05, 0.1) is 0 Å². The molecule has 0 bridgehead atoms. The number of hydrogen-bond donors (Lipinski definition) is 1. The number of hydrogen-bond acceptors (Lipinski definition) is 4. The Morgan fingerprint density at radius 3 is 2.89 bits per heavy atom. The zero-order valence-electron chi connectivity index (χ0n) is 11.5. The van der Waals surface area contributed by atoms with Crippen LogP contribution in [0.5, 0.6) is 11.5 Å². The normalized spacial score (nSPS) is 22.7. The number of likely N-dealkylation sites (tertiary alicyclic amines) is 1. The van der Waals surface area contributed by atoms with Gasteiger partial charge in [0, 0.05) is 19.1 Å². The van der Waals surface area contributed by atoms with Crippen LogP contribution in [0.25, 0.3) is 0 Å². The van der Waals surface area contributed by atoms with Crippen LogP contribution in [0.15, 0.2) is 18.2 Å². The predicted molar refractivity (Wildman–Crippen MR) is 75.0 cm³/mol. The molecule has 0 amide bonds. The Morgan fingerprint density at radius 1 is 1.26 bits per heavy atom. The van der Waals surface area contributed by atoms with Gasteiger partial charge in [0.15, 0.2) is 11.5 Å². The SMILES string of the molecule is CNC1CCN(CCc2ccc3c(c2)OCCO3)C1. The summed E-state index contributed by atoms with van der Waals surface area (Å²) in [5.74, 6) is 1.78. The number of benzene rings is 1. The quantitative estimate of drug-likeness (QED) is 0.886. The zero-order chi connectivity index (χ0) is 13.1. The molecule has 0 spiro atoms. The van der Waals surface area contributed by atoms with Gasteiger partial charge in [-0.3, -0.25) is 0 Å². The second kappa shape index (κ2) is 5.80. The lowest BCUT2D eigenvalue weighted by molar-refractivity contribution is 0.171. The maximum absolute atomic E-state index is 5.62. The molecule has 3 rings (SSSR count). The van der Waals surface area contributed by atoms with Crippen molar-refractivity contribution in [3.63, 3.8) is 0 Å². The highest BCUT2D eigenvalue weighted by Crippen LogP contribution is 2.30. The molecule has 104 valence electrons. The first kappa shape index (κ1) is 12.8. The molecule has 0 aliphatic carbocycles. The monoisotopic (exact) mass is 262 g/mol. The third-order valence-corrected chi connectivity index (χ3v) is 4.00. The number of likely N-dealkylation sites (N-methyl/N-ethyl adjacent to an activating group) is 1. The van der Waals surface area contributed by atoms with Crippen molar-refractivity contribution in [1.29, 1.82) is 0 Å². The van der Waals surface area contributed by atoms with Gasteiger partial charge in [-0.2, -0.15) is 0 Å². The van der Waals surface area contributed by atoms with E-state index in [0.717, 1.165) is 24.5 Å². The first-order valence-corrected chi connectivity index (χ1v) is 7.13. The van der Waals surface area contributed by atoms with Crippen LogP contribution in [0.1, 0.15) is 12.0 Å². The van der Waals surface area contributed by atoms with Crippen LogP contribution in [0.3, 0.4) is 0 Å². The zero-order valence-corrected chi connectivity index (χ0v) is 11.5. The highest BCUT2D eigenvalue weighted by molar-refractivity contribution is 5.43. The molecule has 1 unspecified atom stereocenters. The lowest BCUT2D eigenvalue weighted by atomic mass is 10.1. The van der Waals surface area contributed by atoms with Crippen LogP contribution in [0.2, 0.25) is 0 Å². The summed E-state index contributed by atoms with van der Waals surface area (Å²) >= 11 is 0. The van der Waals surface area contributed by atoms with Crippen LogP contribution in [0.4, 0.5) is 0 Å². The highest BCUT2D eigenvalue weighted by Gasteiger charge is 2.20. The van der Waals surface area contributed by atoms with Gasteiger partial charge in [0.1, 0.15) is 13.2 Å². The molecule has 0 radical (unpaired) electrons. The summed E-state index contributed by atoms with van der Waals surface area (Å²) in [5.41, 5.74) is 1.33. The molecule has 2 heterocycles. The minimum absolute atomic E-state index is 0.658. The number of ether oxygens (including phenoxy) is 2. The molecule has 4 heteroatoms. The Balaban J connectivity index is 1.55. The van der Waals surface area contributed by atoms with Crippen molar-refractivity contribution in [3.05, 3.63) is 23.8 Å². The summed E-state index contributed by atoms with van der Waals surface area (Å²) < 4.78 is 11.2. The Labute approximate surface area is 114 Å². The summed E-state index contributed by atoms with van der Waals surface area (Å²) in [6.45, 7) is 4.81. The summed E-state index contributed by atoms with van der Waals surface area (Å²) in [5, 5.41) is 3.35. The van der Waals surface area contributed by atoms with Crippen molar-refractivity contribution < 1.29 is 9.47 Å². The molecule has 1 N–H and O–H groups in total. The Morgan fingerprint density at radius 2 is 2.11 bits per heavy atom. The van der Waals surface area contributed by atoms with Crippen molar-refractivity contribution >= 4 is 0 Å². The lowest BCUT2D eigenvalue weighted by Gasteiger charge is -2.20. The van der Waals surface area contributed by atoms with Crippen molar-refractivity contribution in [2.45, 2.75) is 18.9 Å². The van der Waals surface area contributed by atoms with Crippen molar-refractivity contribution in [1.82, 2.24) is 10.2 Å². The second-order valence-corrected chi connectivity index (χ2v) is 5.30. The van der Waals surface area contributed by atoms with Gasteiger partial charge in [-0.1, -0.05) is 6.07 Å². The first-order chi connectivity index (χ1) is 9.35. The molecule has 1 saturated heterocycles. The molecule has 2 aliphatic rings. The van der Waals surface area contributed by atoms with E-state index in [4.69, 9.17) is 9.47 Å². The molecule has 2 aliphatic heterocycles. The minimum atomic E-state index is 0.658. The van der Waals surface area contributed by atoms with E-state index >= 15 is 0 Å². The van der Waals surface area contributed by atoms with Gasteiger partial charge in [0.2, 0.25) is 0 Å². The molecular formula is C15H22N2O2. The maximum atomic E-state index is 5.62. The lowest BCUT2D eigenvalue weighted by Crippen LogP contribution is -2.30. The van der Waals surface area contributed by atoms with Gasteiger partial charge in [0.25, 0.3) is 0 Å². The van der Waals surface area contributed by atoms with E-state index in [0.29, 0.717) is 19.3 Å². The third kappa shape index (κ3) is 3.01. The van der Waals surface area contributed by atoms with Gasteiger partial charge in [-0.05, 0) is 44.1 Å². The molecular weight excluding hydrogens is 240 g/mol. The van der Waals surface area contributed by atoms with E-state index in [1.807, 2.05) is 6.07 Å². The Bertz CT molecular complexity index is 436. The topological polar surface area (TPSA) is 33.7 Å². The van der Waals surface area contributed by atoms with Crippen LogP contribution < -0.4 is 14.8 Å². The summed E-state index contributed by atoms with van der Waals surface area (Å²) in [7, 11) is 2.05. The molecule has 19 heavy (non-hydrogen) atoms. The third-order valence-electron chi connectivity index (χ3n) is 4.00. The van der Waals surface area contributed by atoms with Crippen molar-refractivity contribution in [2.75, 3.05) is 39.9 Å². The molecule has 1 aromatic carbocycles. The van der Waals surface area contributed by atoms with Crippen LogP contribution in [-0.2, 0) is 6.42 Å². The molecule has 1 aromatic rings. The molecule has 4 nitrogen and oxygen atoms in total. The number of nitrogens with one attached hydrogen (secondary N) is 1. The molecule has 1 fully saturated rings. The minimum Gasteiger partial charge on any atom is -0.486 e. The Hall–Kier alpha value is -1.26. The first-order valence-electron chi connectivity index (χ1n) is 7.13.